The number of nitrogens with zero attached hydrogens (tertiary/aromatic N) is 5. The molecule has 2 fully saturated rings. The Bertz CT molecular complexity index is 458. The van der Waals surface area contributed by atoms with E-state index in [2.05, 4.69) is 26.9 Å². The standard InChI is InChI=1S/C14H25N5O2/c1-11-8-18(9-12(11)19-4-6-20-7-5-19)10-13-15-14(16-21-13)17(2)3/h11-12H,4-10H2,1-3H3/t11-,12+/m0/s1. The van der Waals surface area contributed by atoms with E-state index in [9.17, 15) is 0 Å². The minimum absolute atomic E-state index is 0.616. The predicted molar refractivity (Wildman–Crippen MR) is 79.2 cm³/mol. The van der Waals surface area contributed by atoms with E-state index in [-0.39, 0.29) is 0 Å². The second-order valence-electron chi connectivity index (χ2n) is 6.27. The van der Waals surface area contributed by atoms with Crippen LogP contribution in [-0.4, -0.2) is 79.5 Å². The lowest BCUT2D eigenvalue weighted by atomic mass is 10.0. The molecule has 118 valence electrons. The highest BCUT2D eigenvalue weighted by atomic mass is 16.5. The van der Waals surface area contributed by atoms with Gasteiger partial charge in [-0.25, -0.2) is 0 Å². The van der Waals surface area contributed by atoms with E-state index in [4.69, 9.17) is 9.26 Å². The summed E-state index contributed by atoms with van der Waals surface area (Å²) >= 11 is 0. The van der Waals surface area contributed by atoms with Crippen molar-refractivity contribution in [3.63, 3.8) is 0 Å². The van der Waals surface area contributed by atoms with Gasteiger partial charge in [0, 0.05) is 46.3 Å². The number of likely N-dealkylation sites (tertiary alicyclic amines) is 1. The zero-order valence-electron chi connectivity index (χ0n) is 13.2. The van der Waals surface area contributed by atoms with Gasteiger partial charge in [0.1, 0.15) is 0 Å². The zero-order valence-corrected chi connectivity index (χ0v) is 13.2. The highest BCUT2D eigenvalue weighted by molar-refractivity contribution is 5.23. The van der Waals surface area contributed by atoms with Gasteiger partial charge in [-0.1, -0.05) is 6.92 Å². The summed E-state index contributed by atoms with van der Waals surface area (Å²) in [6.45, 7) is 9.05. The van der Waals surface area contributed by atoms with Crippen molar-refractivity contribution in [1.82, 2.24) is 19.9 Å². The number of anilines is 1. The molecule has 7 nitrogen and oxygen atoms in total. The third-order valence-electron chi connectivity index (χ3n) is 4.38. The summed E-state index contributed by atoms with van der Waals surface area (Å²) in [5, 5.41) is 3.97. The Labute approximate surface area is 125 Å². The molecular formula is C14H25N5O2. The van der Waals surface area contributed by atoms with E-state index in [0.717, 1.165) is 45.9 Å². The topological polar surface area (TPSA) is 57.9 Å². The molecule has 1 aromatic rings. The highest BCUT2D eigenvalue weighted by Gasteiger charge is 2.35. The summed E-state index contributed by atoms with van der Waals surface area (Å²) in [6, 6.07) is 0.616. The third kappa shape index (κ3) is 3.36. The molecule has 0 radical (unpaired) electrons. The highest BCUT2D eigenvalue weighted by Crippen LogP contribution is 2.24. The van der Waals surface area contributed by atoms with Gasteiger partial charge in [-0.2, -0.15) is 4.98 Å². The summed E-state index contributed by atoms with van der Waals surface area (Å²) in [6.07, 6.45) is 0. The van der Waals surface area contributed by atoms with Crippen LogP contribution in [0.2, 0.25) is 0 Å². The maximum atomic E-state index is 5.45. The lowest BCUT2D eigenvalue weighted by Gasteiger charge is -2.34. The quantitative estimate of drug-likeness (QED) is 0.791. The number of morpholine rings is 1. The number of ether oxygens (including phenoxy) is 1. The molecule has 2 aliphatic rings. The summed E-state index contributed by atoms with van der Waals surface area (Å²) in [4.78, 5) is 11.2. The smallest absolute Gasteiger partial charge is 0.265 e. The number of aromatic nitrogens is 2. The van der Waals surface area contributed by atoms with Crippen molar-refractivity contribution in [3.8, 4) is 0 Å². The van der Waals surface area contributed by atoms with E-state index in [0.29, 0.717) is 23.8 Å². The van der Waals surface area contributed by atoms with Gasteiger partial charge in [-0.3, -0.25) is 9.80 Å². The SMILES string of the molecule is C[C@H]1CN(Cc2nc(N(C)C)no2)C[C@H]1N1CCOCC1. The largest absolute Gasteiger partial charge is 0.379 e. The molecule has 2 saturated heterocycles. The molecule has 3 heterocycles. The molecule has 0 bridgehead atoms. The van der Waals surface area contributed by atoms with Crippen LogP contribution < -0.4 is 4.90 Å². The van der Waals surface area contributed by atoms with E-state index < -0.39 is 0 Å². The fraction of sp³-hybridized carbons (Fsp3) is 0.857. The Hall–Kier alpha value is -1.18. The average molecular weight is 295 g/mol. The van der Waals surface area contributed by atoms with Gasteiger partial charge in [0.25, 0.3) is 5.95 Å². The second-order valence-corrected chi connectivity index (χ2v) is 6.27. The monoisotopic (exact) mass is 295 g/mol. The van der Waals surface area contributed by atoms with Gasteiger partial charge >= 0.3 is 0 Å². The molecule has 0 saturated carbocycles. The molecule has 2 atom stereocenters. The average Bonchev–Trinajstić information content (AvgIpc) is 3.07. The van der Waals surface area contributed by atoms with Crippen LogP contribution in [0.15, 0.2) is 4.52 Å². The molecule has 7 heteroatoms. The molecule has 0 N–H and O–H groups in total. The van der Waals surface area contributed by atoms with E-state index in [1.807, 2.05) is 19.0 Å². The Morgan fingerprint density at radius 1 is 1.24 bits per heavy atom. The Balaban J connectivity index is 1.57. The zero-order chi connectivity index (χ0) is 14.8. The van der Waals surface area contributed by atoms with Crippen LogP contribution in [0.5, 0.6) is 0 Å². The molecular weight excluding hydrogens is 270 g/mol. The van der Waals surface area contributed by atoms with Crippen LogP contribution in [0.1, 0.15) is 12.8 Å². The van der Waals surface area contributed by atoms with Crippen LogP contribution in [0.3, 0.4) is 0 Å². The summed E-state index contributed by atoms with van der Waals surface area (Å²) in [7, 11) is 3.84. The van der Waals surface area contributed by atoms with Crippen molar-refractivity contribution >= 4 is 5.95 Å². The van der Waals surface area contributed by atoms with Crippen molar-refractivity contribution in [2.24, 2.45) is 5.92 Å². The van der Waals surface area contributed by atoms with Crippen molar-refractivity contribution in [3.05, 3.63) is 5.89 Å². The molecule has 0 unspecified atom stereocenters. The van der Waals surface area contributed by atoms with Crippen LogP contribution in [-0.2, 0) is 11.3 Å². The van der Waals surface area contributed by atoms with Crippen LogP contribution >= 0.6 is 0 Å². The summed E-state index contributed by atoms with van der Waals surface area (Å²) in [5.41, 5.74) is 0. The minimum Gasteiger partial charge on any atom is -0.379 e. The molecule has 0 amide bonds. The molecule has 2 aliphatic heterocycles. The first-order chi connectivity index (χ1) is 10.1. The van der Waals surface area contributed by atoms with Crippen LogP contribution in [0.4, 0.5) is 5.95 Å². The lowest BCUT2D eigenvalue weighted by Crippen LogP contribution is -2.46. The maximum absolute atomic E-state index is 5.45. The van der Waals surface area contributed by atoms with Crippen molar-refractivity contribution in [2.75, 3.05) is 58.4 Å². The molecule has 0 aliphatic carbocycles. The first kappa shape index (κ1) is 14.7. The van der Waals surface area contributed by atoms with Gasteiger partial charge in [-0.05, 0) is 11.1 Å². The van der Waals surface area contributed by atoms with E-state index in [1.165, 1.54) is 0 Å². The molecule has 0 aromatic carbocycles. The Morgan fingerprint density at radius 2 is 2.00 bits per heavy atom. The van der Waals surface area contributed by atoms with Gasteiger partial charge in [0.2, 0.25) is 5.89 Å². The minimum atomic E-state index is 0.616. The second kappa shape index (κ2) is 6.29. The van der Waals surface area contributed by atoms with Crippen LogP contribution in [0.25, 0.3) is 0 Å². The normalized spacial score (nSPS) is 28.1. The van der Waals surface area contributed by atoms with Gasteiger partial charge in [0.05, 0.1) is 19.8 Å². The Kier molecular flexibility index (Phi) is 4.42. The first-order valence-corrected chi connectivity index (χ1v) is 7.67. The number of hydrogen-bond donors (Lipinski definition) is 0. The van der Waals surface area contributed by atoms with Gasteiger partial charge in [0.15, 0.2) is 0 Å². The third-order valence-corrected chi connectivity index (χ3v) is 4.38. The molecule has 21 heavy (non-hydrogen) atoms. The predicted octanol–water partition coefficient (Wildman–Crippen LogP) is 0.288. The van der Waals surface area contributed by atoms with Gasteiger partial charge in [-0.15, -0.1) is 0 Å². The fourth-order valence-electron chi connectivity index (χ4n) is 3.24. The molecule has 0 spiro atoms. The Morgan fingerprint density at radius 3 is 2.67 bits per heavy atom. The van der Waals surface area contributed by atoms with E-state index >= 15 is 0 Å². The first-order valence-electron chi connectivity index (χ1n) is 7.67. The van der Waals surface area contributed by atoms with Crippen molar-refractivity contribution in [2.45, 2.75) is 19.5 Å². The fourth-order valence-corrected chi connectivity index (χ4v) is 3.24. The molecule has 1 aromatic heterocycles. The maximum Gasteiger partial charge on any atom is 0.265 e. The number of hydrogen-bond acceptors (Lipinski definition) is 7. The summed E-state index contributed by atoms with van der Waals surface area (Å²) < 4.78 is 10.8. The van der Waals surface area contributed by atoms with Crippen LogP contribution in [0, 0.1) is 5.92 Å². The van der Waals surface area contributed by atoms with Crippen molar-refractivity contribution < 1.29 is 9.26 Å². The number of rotatable bonds is 4. The molecule has 3 rings (SSSR count). The van der Waals surface area contributed by atoms with Crippen molar-refractivity contribution in [1.29, 1.82) is 0 Å². The van der Waals surface area contributed by atoms with E-state index in [1.54, 1.807) is 0 Å². The van der Waals surface area contributed by atoms with Gasteiger partial charge < -0.3 is 14.2 Å². The summed E-state index contributed by atoms with van der Waals surface area (Å²) in [5.74, 6) is 2.01. The lowest BCUT2D eigenvalue weighted by molar-refractivity contribution is 0.0116.